The van der Waals surface area contributed by atoms with Crippen LogP contribution in [0.25, 0.3) is 0 Å². The van der Waals surface area contributed by atoms with Crippen molar-refractivity contribution in [3.8, 4) is 0 Å². The second-order valence-electron chi connectivity index (χ2n) is 7.06. The maximum absolute atomic E-state index is 13.4. The normalized spacial score (nSPS) is 13.5. The van der Waals surface area contributed by atoms with E-state index in [-0.39, 0.29) is 0 Å². The molecule has 141 valence electrons. The minimum atomic E-state index is -1.47. The highest BCUT2D eigenvalue weighted by Crippen LogP contribution is 2.30. The highest BCUT2D eigenvalue weighted by molar-refractivity contribution is 5.28. The van der Waals surface area contributed by atoms with Gasteiger partial charge in [0.1, 0.15) is 0 Å². The van der Waals surface area contributed by atoms with Crippen molar-refractivity contribution in [3.05, 3.63) is 70.8 Å². The van der Waals surface area contributed by atoms with E-state index in [2.05, 4.69) is 44.2 Å². The summed E-state index contributed by atoms with van der Waals surface area (Å²) in [6, 6.07) is 16.7. The molecule has 0 amide bonds. The van der Waals surface area contributed by atoms with Crippen LogP contribution in [0.2, 0.25) is 0 Å². The summed E-state index contributed by atoms with van der Waals surface area (Å²) in [5.74, 6) is -1.47. The Balaban J connectivity index is 2.08. The maximum Gasteiger partial charge on any atom is 0.228 e. The topological polar surface area (TPSA) is 29.1 Å². The molecule has 0 N–H and O–H groups in total. The van der Waals surface area contributed by atoms with Gasteiger partial charge in [-0.15, -0.1) is 0 Å². The van der Waals surface area contributed by atoms with Gasteiger partial charge in [-0.1, -0.05) is 75.2 Å². The Morgan fingerprint density at radius 2 is 1.50 bits per heavy atom. The smallest absolute Gasteiger partial charge is 0.228 e. The quantitative estimate of drug-likeness (QED) is 0.440. The zero-order chi connectivity index (χ0) is 18.8. The third-order valence-electron chi connectivity index (χ3n) is 4.87. The van der Waals surface area contributed by atoms with Crippen molar-refractivity contribution in [2.75, 3.05) is 6.61 Å². The molecule has 2 aromatic carbocycles. The lowest BCUT2D eigenvalue weighted by Gasteiger charge is -2.26. The zero-order valence-electron chi connectivity index (χ0n) is 16.6. The Hall–Kier alpha value is -1.64. The van der Waals surface area contributed by atoms with Crippen molar-refractivity contribution in [1.29, 1.82) is 0 Å². The fraction of sp³-hybridized carbons (Fsp3) is 0.500. The third-order valence-corrected chi connectivity index (χ3v) is 4.87. The molecule has 0 saturated heterocycles. The first kappa shape index (κ1) is 20.7. The van der Waals surface area contributed by atoms with Gasteiger partial charge in [0, 0.05) is 18.6 Å². The second-order valence-corrected chi connectivity index (χ2v) is 7.06. The van der Waals surface area contributed by atoms with Crippen molar-refractivity contribution in [1.82, 2.24) is 0 Å². The maximum atomic E-state index is 13.4. The Kier molecular flexibility index (Phi) is 8.34. The van der Waals surface area contributed by atoms with E-state index in [4.69, 9.17) is 4.74 Å². The molecule has 0 bridgehead atoms. The third kappa shape index (κ3) is 5.96. The van der Waals surface area contributed by atoms with E-state index in [1.165, 1.54) is 29.5 Å². The molecule has 2 aromatic rings. The number of rotatable bonds is 11. The Morgan fingerprint density at radius 3 is 2.12 bits per heavy atom. The molecule has 0 aliphatic carbocycles. The van der Waals surface area contributed by atoms with Crippen LogP contribution in [-0.2, 0) is 34.9 Å². The summed E-state index contributed by atoms with van der Waals surface area (Å²) < 4.78 is 5.69. The van der Waals surface area contributed by atoms with Gasteiger partial charge in [0.2, 0.25) is 5.79 Å². The van der Waals surface area contributed by atoms with Crippen LogP contribution in [0.15, 0.2) is 48.5 Å². The zero-order valence-corrected chi connectivity index (χ0v) is 16.6. The summed E-state index contributed by atoms with van der Waals surface area (Å²) in [6.07, 6.45) is 6.82. The van der Waals surface area contributed by atoms with Crippen LogP contribution in [-0.4, -0.2) is 6.61 Å². The van der Waals surface area contributed by atoms with Gasteiger partial charge in [-0.05, 0) is 49.3 Å². The first-order chi connectivity index (χ1) is 12.6. The number of ether oxygens (including phenoxy) is 1. The molecule has 1 radical (unpaired) electrons. The molecule has 0 saturated carbocycles. The molecule has 1 atom stereocenters. The van der Waals surface area contributed by atoms with Crippen LogP contribution < -0.4 is 0 Å². The van der Waals surface area contributed by atoms with Crippen LogP contribution in [0.3, 0.4) is 0 Å². The molecule has 0 fully saturated rings. The Labute approximate surface area is 159 Å². The summed E-state index contributed by atoms with van der Waals surface area (Å²) >= 11 is 0. The summed E-state index contributed by atoms with van der Waals surface area (Å²) in [5, 5.41) is 13.4. The molecule has 0 aliphatic rings. The molecule has 0 heterocycles. The molecule has 2 nitrogen and oxygen atoms in total. The Morgan fingerprint density at radius 1 is 0.808 bits per heavy atom. The summed E-state index contributed by atoms with van der Waals surface area (Å²) in [6.45, 7) is 6.69. The van der Waals surface area contributed by atoms with Gasteiger partial charge in [-0.2, -0.15) is 5.11 Å². The average Bonchev–Trinajstić information content (AvgIpc) is 2.66. The number of hydrogen-bond acceptors (Lipinski definition) is 1. The van der Waals surface area contributed by atoms with Crippen LogP contribution >= 0.6 is 0 Å². The molecule has 0 spiro atoms. The molecule has 1 unspecified atom stereocenters. The number of benzene rings is 2. The van der Waals surface area contributed by atoms with Crippen LogP contribution in [0.4, 0.5) is 0 Å². The van der Waals surface area contributed by atoms with Crippen molar-refractivity contribution < 1.29 is 9.84 Å². The average molecular weight is 354 g/mol. The minimum absolute atomic E-state index is 0.428. The van der Waals surface area contributed by atoms with Crippen LogP contribution in [0.5, 0.6) is 0 Å². The SMILES string of the molecule is CCCCc1ccc(CCC([O])(OCC)c2cccc(CCC)c2)cc1. The van der Waals surface area contributed by atoms with Gasteiger partial charge in [-0.3, -0.25) is 0 Å². The predicted molar refractivity (Wildman–Crippen MR) is 108 cm³/mol. The first-order valence-corrected chi connectivity index (χ1v) is 10.1. The van der Waals surface area contributed by atoms with Crippen molar-refractivity contribution in [2.24, 2.45) is 0 Å². The molecule has 26 heavy (non-hydrogen) atoms. The summed E-state index contributed by atoms with van der Waals surface area (Å²) in [4.78, 5) is 0. The van der Waals surface area contributed by atoms with Gasteiger partial charge in [0.25, 0.3) is 0 Å². The molecule has 2 heteroatoms. The number of hydrogen-bond donors (Lipinski definition) is 0. The van der Waals surface area contributed by atoms with Gasteiger partial charge in [-0.25, -0.2) is 0 Å². The highest BCUT2D eigenvalue weighted by Gasteiger charge is 2.32. The molecule has 0 aromatic heterocycles. The van der Waals surface area contributed by atoms with Gasteiger partial charge >= 0.3 is 0 Å². The van der Waals surface area contributed by atoms with E-state index in [0.29, 0.717) is 13.0 Å². The van der Waals surface area contributed by atoms with E-state index >= 15 is 0 Å². The van der Waals surface area contributed by atoms with E-state index < -0.39 is 5.79 Å². The predicted octanol–water partition coefficient (Wildman–Crippen LogP) is 6.23. The molecular formula is C24H33O2. The second kappa shape index (κ2) is 10.5. The lowest BCUT2D eigenvalue weighted by Crippen LogP contribution is -2.29. The molecule has 0 aliphatic heterocycles. The fourth-order valence-electron chi connectivity index (χ4n) is 3.35. The lowest BCUT2D eigenvalue weighted by molar-refractivity contribution is -0.252. The molecule has 2 rings (SSSR count). The molecular weight excluding hydrogens is 320 g/mol. The minimum Gasteiger partial charge on any atom is -0.344 e. The van der Waals surface area contributed by atoms with Crippen molar-refractivity contribution in [3.63, 3.8) is 0 Å². The summed E-state index contributed by atoms with van der Waals surface area (Å²) in [7, 11) is 0. The monoisotopic (exact) mass is 353 g/mol. The van der Waals surface area contributed by atoms with Crippen LogP contribution in [0, 0.1) is 0 Å². The van der Waals surface area contributed by atoms with Gasteiger partial charge in [0.05, 0.1) is 0 Å². The van der Waals surface area contributed by atoms with E-state index in [1.54, 1.807) is 0 Å². The first-order valence-electron chi connectivity index (χ1n) is 10.1. The van der Waals surface area contributed by atoms with Gasteiger partial charge in [0.15, 0.2) is 0 Å². The highest BCUT2D eigenvalue weighted by atomic mass is 16.6. The number of unbranched alkanes of at least 4 members (excludes halogenated alkanes) is 1. The van der Waals surface area contributed by atoms with Gasteiger partial charge < -0.3 is 4.74 Å². The Bertz CT molecular complexity index is 648. The van der Waals surface area contributed by atoms with Crippen molar-refractivity contribution in [2.45, 2.75) is 71.5 Å². The van der Waals surface area contributed by atoms with E-state index in [0.717, 1.165) is 31.2 Å². The van der Waals surface area contributed by atoms with E-state index in [9.17, 15) is 5.11 Å². The van der Waals surface area contributed by atoms with Crippen LogP contribution in [0.1, 0.15) is 68.7 Å². The van der Waals surface area contributed by atoms with E-state index in [1.807, 2.05) is 25.1 Å². The standard InChI is InChI=1S/C24H33O2/c1-4-7-10-20-13-15-21(16-14-20)17-18-24(25,26-6-3)23-12-8-11-22(19-23)9-5-2/h8,11-16,19H,4-7,9-10,17-18H2,1-3H3. The fourth-order valence-corrected chi connectivity index (χ4v) is 3.35. The largest absolute Gasteiger partial charge is 0.344 e. The lowest BCUT2D eigenvalue weighted by atomic mass is 9.95. The number of aryl methyl sites for hydroxylation is 3. The summed E-state index contributed by atoms with van der Waals surface area (Å²) in [5.41, 5.74) is 4.55. The van der Waals surface area contributed by atoms with Crippen molar-refractivity contribution >= 4 is 0 Å².